The van der Waals surface area contributed by atoms with E-state index in [4.69, 9.17) is 4.42 Å². The quantitative estimate of drug-likeness (QED) is 0.625. The number of alkyl halides is 1. The van der Waals surface area contributed by atoms with Gasteiger partial charge in [-0.2, -0.15) is 0 Å². The third kappa shape index (κ3) is 1.91. The summed E-state index contributed by atoms with van der Waals surface area (Å²) in [7, 11) is 0. The summed E-state index contributed by atoms with van der Waals surface area (Å²) < 4.78 is 6.36. The fraction of sp³-hybridized carbons (Fsp3) is 0.100. The molecule has 0 amide bonds. The number of benzene rings is 1. The van der Waals surface area contributed by atoms with Crippen LogP contribution < -0.4 is 0 Å². The van der Waals surface area contributed by atoms with Gasteiger partial charge in [-0.05, 0) is 12.1 Å². The summed E-state index contributed by atoms with van der Waals surface area (Å²) >= 11 is 2.25. The van der Waals surface area contributed by atoms with Gasteiger partial charge in [-0.3, -0.25) is 0 Å². The Morgan fingerprint density at radius 2 is 2.00 bits per heavy atom. The number of rotatable bonds is 2. The molecule has 0 aliphatic heterocycles. The zero-order valence-corrected chi connectivity index (χ0v) is 9.06. The van der Waals surface area contributed by atoms with Gasteiger partial charge in [0.2, 0.25) is 5.89 Å². The van der Waals surface area contributed by atoms with Crippen LogP contribution in [0.3, 0.4) is 0 Å². The van der Waals surface area contributed by atoms with Crippen LogP contribution in [0.15, 0.2) is 40.9 Å². The van der Waals surface area contributed by atoms with Crippen LogP contribution in [0.4, 0.5) is 0 Å². The van der Waals surface area contributed by atoms with Crippen LogP contribution in [0.5, 0.6) is 0 Å². The molecule has 0 aliphatic carbocycles. The Bertz CT molecular complexity index is 383. The van der Waals surface area contributed by atoms with Crippen LogP contribution >= 0.6 is 22.6 Å². The lowest BCUT2D eigenvalue weighted by atomic mass is 10.2. The SMILES string of the molecule is ICc1cnc(-c2ccccc2)o1. The maximum absolute atomic E-state index is 5.50. The highest BCUT2D eigenvalue weighted by atomic mass is 127. The second-order valence-corrected chi connectivity index (χ2v) is 3.39. The molecular weight excluding hydrogens is 277 g/mol. The highest BCUT2D eigenvalue weighted by Crippen LogP contribution is 2.19. The molecule has 0 bridgehead atoms. The van der Waals surface area contributed by atoms with Crippen LogP contribution in [-0.4, -0.2) is 4.98 Å². The number of halogens is 1. The van der Waals surface area contributed by atoms with E-state index in [1.54, 1.807) is 6.20 Å². The van der Waals surface area contributed by atoms with Crippen molar-refractivity contribution in [3.05, 3.63) is 42.3 Å². The highest BCUT2D eigenvalue weighted by molar-refractivity contribution is 14.1. The first-order valence-electron chi connectivity index (χ1n) is 3.96. The van der Waals surface area contributed by atoms with E-state index < -0.39 is 0 Å². The Balaban J connectivity index is 2.36. The molecule has 13 heavy (non-hydrogen) atoms. The van der Waals surface area contributed by atoms with Crippen LogP contribution in [0.2, 0.25) is 0 Å². The van der Waals surface area contributed by atoms with E-state index in [0.717, 1.165) is 15.8 Å². The zero-order chi connectivity index (χ0) is 9.10. The normalized spacial score (nSPS) is 10.2. The Morgan fingerprint density at radius 1 is 1.23 bits per heavy atom. The molecule has 0 saturated heterocycles. The molecule has 0 saturated carbocycles. The molecule has 1 aromatic carbocycles. The van der Waals surface area contributed by atoms with E-state index >= 15 is 0 Å². The monoisotopic (exact) mass is 285 g/mol. The van der Waals surface area contributed by atoms with Crippen molar-refractivity contribution in [3.63, 3.8) is 0 Å². The number of hydrogen-bond donors (Lipinski definition) is 0. The average Bonchev–Trinajstić information content (AvgIpc) is 2.67. The Kier molecular flexibility index (Phi) is 2.63. The molecule has 0 radical (unpaired) electrons. The molecule has 0 N–H and O–H groups in total. The number of aromatic nitrogens is 1. The van der Waals surface area contributed by atoms with E-state index in [1.165, 1.54) is 0 Å². The summed E-state index contributed by atoms with van der Waals surface area (Å²) in [6, 6.07) is 9.91. The summed E-state index contributed by atoms with van der Waals surface area (Å²) in [6.45, 7) is 0. The van der Waals surface area contributed by atoms with Gasteiger partial charge >= 0.3 is 0 Å². The predicted molar refractivity (Wildman–Crippen MR) is 59.7 cm³/mol. The van der Waals surface area contributed by atoms with E-state index in [-0.39, 0.29) is 0 Å². The molecule has 2 nitrogen and oxygen atoms in total. The van der Waals surface area contributed by atoms with Crippen molar-refractivity contribution in [2.24, 2.45) is 0 Å². The van der Waals surface area contributed by atoms with Crippen molar-refractivity contribution < 1.29 is 4.42 Å². The number of nitrogens with zero attached hydrogens (tertiary/aromatic N) is 1. The molecular formula is C10H8INO. The lowest BCUT2D eigenvalue weighted by Crippen LogP contribution is -1.73. The van der Waals surface area contributed by atoms with Gasteiger partial charge in [-0.25, -0.2) is 4.98 Å². The van der Waals surface area contributed by atoms with Crippen molar-refractivity contribution in [1.82, 2.24) is 4.98 Å². The minimum absolute atomic E-state index is 0.701. The van der Waals surface area contributed by atoms with Gasteiger partial charge in [0.05, 0.1) is 10.6 Å². The third-order valence-corrected chi connectivity index (χ3v) is 2.46. The molecule has 3 heteroatoms. The highest BCUT2D eigenvalue weighted by Gasteiger charge is 2.03. The van der Waals surface area contributed by atoms with E-state index in [9.17, 15) is 0 Å². The average molecular weight is 285 g/mol. The minimum atomic E-state index is 0.701. The van der Waals surface area contributed by atoms with Crippen LogP contribution in [0.25, 0.3) is 11.5 Å². The second-order valence-electron chi connectivity index (χ2n) is 2.63. The van der Waals surface area contributed by atoms with Crippen molar-refractivity contribution in [2.75, 3.05) is 0 Å². The smallest absolute Gasteiger partial charge is 0.226 e. The number of hydrogen-bond acceptors (Lipinski definition) is 2. The summed E-state index contributed by atoms with van der Waals surface area (Å²) in [5.74, 6) is 1.62. The van der Waals surface area contributed by atoms with Gasteiger partial charge in [0.1, 0.15) is 5.76 Å². The van der Waals surface area contributed by atoms with Crippen molar-refractivity contribution in [3.8, 4) is 11.5 Å². The first kappa shape index (κ1) is 8.74. The van der Waals surface area contributed by atoms with Gasteiger partial charge in [-0.15, -0.1) is 0 Å². The van der Waals surface area contributed by atoms with Crippen LogP contribution in [-0.2, 0) is 4.43 Å². The van der Waals surface area contributed by atoms with Gasteiger partial charge < -0.3 is 4.42 Å². The zero-order valence-electron chi connectivity index (χ0n) is 6.90. The maximum atomic E-state index is 5.50. The molecule has 0 atom stereocenters. The summed E-state index contributed by atoms with van der Waals surface area (Å²) in [6.07, 6.45) is 1.77. The lowest BCUT2D eigenvalue weighted by molar-refractivity contribution is 0.541. The molecule has 0 fully saturated rings. The first-order valence-corrected chi connectivity index (χ1v) is 5.49. The molecule has 1 aromatic heterocycles. The molecule has 0 unspecified atom stereocenters. The summed E-state index contributed by atoms with van der Waals surface area (Å²) in [4.78, 5) is 4.19. The van der Waals surface area contributed by atoms with E-state index in [0.29, 0.717) is 5.89 Å². The van der Waals surface area contributed by atoms with Gasteiger partial charge in [0.15, 0.2) is 0 Å². The fourth-order valence-corrected chi connectivity index (χ4v) is 1.44. The molecule has 0 aliphatic rings. The molecule has 2 rings (SSSR count). The Labute approximate surface area is 90.1 Å². The minimum Gasteiger partial charge on any atom is -0.440 e. The largest absolute Gasteiger partial charge is 0.440 e. The third-order valence-electron chi connectivity index (χ3n) is 1.71. The van der Waals surface area contributed by atoms with E-state index in [1.807, 2.05) is 30.3 Å². The Hall–Kier alpha value is -0.840. The molecule has 66 valence electrons. The van der Waals surface area contributed by atoms with E-state index in [2.05, 4.69) is 27.6 Å². The van der Waals surface area contributed by atoms with Gasteiger partial charge in [0.25, 0.3) is 0 Å². The summed E-state index contributed by atoms with van der Waals surface area (Å²) in [5.41, 5.74) is 1.03. The second kappa shape index (κ2) is 3.91. The van der Waals surface area contributed by atoms with Crippen LogP contribution in [0.1, 0.15) is 5.76 Å². The molecule has 1 heterocycles. The maximum Gasteiger partial charge on any atom is 0.226 e. The van der Waals surface area contributed by atoms with Gasteiger partial charge in [-0.1, -0.05) is 40.8 Å². The molecule has 0 spiro atoms. The first-order chi connectivity index (χ1) is 6.40. The fourth-order valence-electron chi connectivity index (χ4n) is 1.08. The van der Waals surface area contributed by atoms with Crippen molar-refractivity contribution in [2.45, 2.75) is 4.43 Å². The number of oxazole rings is 1. The standard InChI is InChI=1S/C10H8INO/c11-6-9-7-12-10(13-9)8-4-2-1-3-5-8/h1-5,7H,6H2. The predicted octanol–water partition coefficient (Wildman–Crippen LogP) is 3.28. The van der Waals surface area contributed by atoms with Gasteiger partial charge in [0, 0.05) is 5.56 Å². The lowest BCUT2D eigenvalue weighted by Gasteiger charge is -1.92. The molecule has 2 aromatic rings. The summed E-state index contributed by atoms with van der Waals surface area (Å²) in [5, 5.41) is 0. The van der Waals surface area contributed by atoms with Crippen molar-refractivity contribution in [1.29, 1.82) is 0 Å². The van der Waals surface area contributed by atoms with Crippen molar-refractivity contribution >= 4 is 22.6 Å². The topological polar surface area (TPSA) is 26.0 Å². The van der Waals surface area contributed by atoms with Crippen LogP contribution in [0, 0.1) is 0 Å². The Morgan fingerprint density at radius 3 is 2.62 bits per heavy atom.